The molecule has 0 radical (unpaired) electrons. The molecule has 10 aromatic rings. The van der Waals surface area contributed by atoms with Crippen LogP contribution in [0.2, 0.25) is 0 Å². The fraction of sp³-hybridized carbons (Fsp3) is 0. The third-order valence-corrected chi connectivity index (χ3v) is 11.3. The number of thiazole rings is 1. The summed E-state index contributed by atoms with van der Waals surface area (Å²) in [6, 6.07) is 56.0. The lowest BCUT2D eigenvalue weighted by Gasteiger charge is -2.26. The first-order valence-corrected chi connectivity index (χ1v) is 17.6. The maximum absolute atomic E-state index is 6.57. The van der Waals surface area contributed by atoms with Crippen LogP contribution >= 0.6 is 22.7 Å². The predicted molar refractivity (Wildman–Crippen MR) is 205 cm³/mol. The fourth-order valence-electron chi connectivity index (χ4n) is 6.82. The number of benzene rings is 7. The molecule has 0 amide bonds. The molecule has 3 heterocycles. The first-order chi connectivity index (χ1) is 23.8. The zero-order chi connectivity index (χ0) is 31.6. The van der Waals surface area contributed by atoms with Crippen molar-refractivity contribution in [1.29, 1.82) is 0 Å². The smallest absolute Gasteiger partial charge is 0.137 e. The van der Waals surface area contributed by atoms with Gasteiger partial charge in [-0.25, -0.2) is 4.98 Å². The van der Waals surface area contributed by atoms with E-state index in [2.05, 4.69) is 157 Å². The van der Waals surface area contributed by atoms with Gasteiger partial charge in [-0.3, -0.25) is 0 Å². The number of nitrogens with zero attached hydrogens (tertiary/aromatic N) is 2. The van der Waals surface area contributed by atoms with Crippen molar-refractivity contribution in [2.75, 3.05) is 4.90 Å². The Morgan fingerprint density at radius 3 is 1.90 bits per heavy atom. The second-order valence-corrected chi connectivity index (χ2v) is 14.1. The zero-order valence-electron chi connectivity index (χ0n) is 25.6. The normalized spacial score (nSPS) is 11.8. The molecule has 0 spiro atoms. The van der Waals surface area contributed by atoms with Crippen LogP contribution in [-0.4, -0.2) is 4.98 Å². The minimum atomic E-state index is 0.845. The molecule has 5 heteroatoms. The lowest BCUT2D eigenvalue weighted by Crippen LogP contribution is -2.09. The van der Waals surface area contributed by atoms with Crippen molar-refractivity contribution in [1.82, 2.24) is 4.98 Å². The number of aromatic nitrogens is 1. The van der Waals surface area contributed by atoms with Crippen LogP contribution in [0.25, 0.3) is 74.0 Å². The molecule has 0 atom stereocenters. The minimum Gasteiger partial charge on any atom is -0.456 e. The van der Waals surface area contributed by atoms with Gasteiger partial charge in [-0.1, -0.05) is 97.1 Å². The van der Waals surface area contributed by atoms with Gasteiger partial charge in [-0.2, -0.15) is 0 Å². The highest BCUT2D eigenvalue weighted by Crippen LogP contribution is 2.44. The molecule has 226 valence electrons. The van der Waals surface area contributed by atoms with Crippen molar-refractivity contribution in [3.63, 3.8) is 0 Å². The first-order valence-electron chi connectivity index (χ1n) is 15.9. The predicted octanol–water partition coefficient (Wildman–Crippen LogP) is 13.4. The van der Waals surface area contributed by atoms with Crippen molar-refractivity contribution in [3.8, 4) is 21.7 Å². The molecule has 0 aliphatic heterocycles. The van der Waals surface area contributed by atoms with E-state index >= 15 is 0 Å². The second-order valence-electron chi connectivity index (χ2n) is 12.0. The van der Waals surface area contributed by atoms with Crippen molar-refractivity contribution in [2.45, 2.75) is 0 Å². The number of furan rings is 1. The van der Waals surface area contributed by atoms with Crippen molar-refractivity contribution >= 4 is 92.1 Å². The van der Waals surface area contributed by atoms with E-state index in [0.29, 0.717) is 0 Å². The standard InChI is InChI=1S/C43H26N2OS2/c1-3-9-27(10-4-1)28-15-17-30(18-16-28)45(32-19-21-34-33-13-7-8-14-38(33)47-40(34)26-32)31-20-22-35-37(25-31)46-36-23-24-39-42(41(35)36)44-43(48-39)29-11-5-2-6-12-29/h1-26H. The van der Waals surface area contributed by atoms with Gasteiger partial charge in [0.1, 0.15) is 16.2 Å². The molecular formula is C43H26N2OS2. The molecule has 0 saturated heterocycles. The van der Waals surface area contributed by atoms with Crippen LogP contribution in [0.5, 0.6) is 0 Å². The van der Waals surface area contributed by atoms with Crippen LogP contribution in [0.4, 0.5) is 17.1 Å². The Bertz CT molecular complexity index is 2780. The van der Waals surface area contributed by atoms with Gasteiger partial charge in [0, 0.05) is 54.3 Å². The molecule has 10 rings (SSSR count). The Morgan fingerprint density at radius 1 is 0.438 bits per heavy atom. The highest BCUT2D eigenvalue weighted by Gasteiger charge is 2.19. The van der Waals surface area contributed by atoms with E-state index in [4.69, 9.17) is 9.40 Å². The highest BCUT2D eigenvalue weighted by atomic mass is 32.1. The van der Waals surface area contributed by atoms with Crippen molar-refractivity contribution in [3.05, 3.63) is 158 Å². The SMILES string of the molecule is c1ccc(-c2ccc(N(c3ccc4c(c3)oc3ccc5sc(-c6ccccc6)nc5c34)c3ccc4c(c3)sc3ccccc34)cc2)cc1. The number of rotatable bonds is 5. The van der Waals surface area contributed by atoms with Crippen LogP contribution in [0.3, 0.4) is 0 Å². The summed E-state index contributed by atoms with van der Waals surface area (Å²) in [5, 5.41) is 5.75. The number of thiophene rings is 1. The highest BCUT2D eigenvalue weighted by molar-refractivity contribution is 7.25. The van der Waals surface area contributed by atoms with Crippen LogP contribution < -0.4 is 4.90 Å². The van der Waals surface area contributed by atoms with Crippen LogP contribution in [-0.2, 0) is 0 Å². The largest absolute Gasteiger partial charge is 0.456 e. The molecule has 0 unspecified atom stereocenters. The molecule has 0 N–H and O–H groups in total. The van der Waals surface area contributed by atoms with E-state index in [1.54, 1.807) is 11.3 Å². The maximum Gasteiger partial charge on any atom is 0.137 e. The van der Waals surface area contributed by atoms with E-state index in [0.717, 1.165) is 59.8 Å². The molecule has 0 fully saturated rings. The minimum absolute atomic E-state index is 0.845. The molecule has 7 aromatic carbocycles. The molecule has 0 saturated carbocycles. The van der Waals surface area contributed by atoms with Gasteiger partial charge in [0.25, 0.3) is 0 Å². The monoisotopic (exact) mass is 650 g/mol. The molecule has 0 aliphatic rings. The van der Waals surface area contributed by atoms with Crippen molar-refractivity contribution in [2.24, 2.45) is 0 Å². The number of fused-ring (bicyclic) bond motifs is 8. The molecule has 48 heavy (non-hydrogen) atoms. The lowest BCUT2D eigenvalue weighted by atomic mass is 10.0. The summed E-state index contributed by atoms with van der Waals surface area (Å²) in [5.74, 6) is 0. The Kier molecular flexibility index (Phi) is 6.22. The summed E-state index contributed by atoms with van der Waals surface area (Å²) < 4.78 is 10.3. The van der Waals surface area contributed by atoms with Gasteiger partial charge < -0.3 is 9.32 Å². The molecule has 0 aliphatic carbocycles. The van der Waals surface area contributed by atoms with Crippen LogP contribution in [0.1, 0.15) is 0 Å². The Hall–Kier alpha value is -5.75. The fourth-order valence-corrected chi connectivity index (χ4v) is 8.94. The lowest BCUT2D eigenvalue weighted by molar-refractivity contribution is 0.669. The average molecular weight is 651 g/mol. The van der Waals surface area contributed by atoms with Gasteiger partial charge >= 0.3 is 0 Å². The summed E-state index contributed by atoms with van der Waals surface area (Å²) in [5.41, 5.74) is 9.44. The van der Waals surface area contributed by atoms with E-state index in [1.165, 1.54) is 31.3 Å². The molecule has 0 bridgehead atoms. The summed E-state index contributed by atoms with van der Waals surface area (Å²) >= 11 is 3.56. The maximum atomic E-state index is 6.57. The van der Waals surface area contributed by atoms with Crippen LogP contribution in [0, 0.1) is 0 Å². The first kappa shape index (κ1) is 27.4. The summed E-state index contributed by atoms with van der Waals surface area (Å²) in [7, 11) is 0. The quantitative estimate of drug-likeness (QED) is 0.186. The number of hydrogen-bond donors (Lipinski definition) is 0. The van der Waals surface area contributed by atoms with E-state index < -0.39 is 0 Å². The summed E-state index contributed by atoms with van der Waals surface area (Å²) in [4.78, 5) is 7.45. The number of hydrogen-bond acceptors (Lipinski definition) is 5. The second kappa shape index (κ2) is 10.9. The topological polar surface area (TPSA) is 29.3 Å². The van der Waals surface area contributed by atoms with Gasteiger partial charge in [0.05, 0.1) is 15.6 Å². The Balaban J connectivity index is 1.14. The summed E-state index contributed by atoms with van der Waals surface area (Å²) in [6.45, 7) is 0. The van der Waals surface area contributed by atoms with Gasteiger partial charge in [0.2, 0.25) is 0 Å². The van der Waals surface area contributed by atoms with E-state index in [9.17, 15) is 0 Å². The van der Waals surface area contributed by atoms with Crippen molar-refractivity contribution < 1.29 is 4.42 Å². The summed E-state index contributed by atoms with van der Waals surface area (Å²) in [6.07, 6.45) is 0. The molecule has 3 nitrogen and oxygen atoms in total. The molecular weight excluding hydrogens is 625 g/mol. The van der Waals surface area contributed by atoms with Gasteiger partial charge in [0.15, 0.2) is 0 Å². The van der Waals surface area contributed by atoms with E-state index in [1.807, 2.05) is 17.4 Å². The zero-order valence-corrected chi connectivity index (χ0v) is 27.3. The average Bonchev–Trinajstić information content (AvgIpc) is 3.85. The van der Waals surface area contributed by atoms with Gasteiger partial charge in [-0.05, 0) is 65.7 Å². The van der Waals surface area contributed by atoms with E-state index in [-0.39, 0.29) is 0 Å². The third-order valence-electron chi connectivity index (χ3n) is 9.11. The Morgan fingerprint density at radius 2 is 1.08 bits per heavy atom. The third kappa shape index (κ3) is 4.43. The van der Waals surface area contributed by atoms with Crippen LogP contribution in [0.15, 0.2) is 162 Å². The number of anilines is 3. The Labute approximate surface area is 284 Å². The van der Waals surface area contributed by atoms with Gasteiger partial charge in [-0.15, -0.1) is 22.7 Å². The molecule has 3 aromatic heterocycles.